The normalized spacial score (nSPS) is 10.3. The van der Waals surface area contributed by atoms with Gasteiger partial charge in [-0.15, -0.1) is 0 Å². The summed E-state index contributed by atoms with van der Waals surface area (Å²) in [6.45, 7) is 0. The summed E-state index contributed by atoms with van der Waals surface area (Å²) in [4.78, 5) is 9.45. The van der Waals surface area contributed by atoms with E-state index >= 15 is 0 Å². The van der Waals surface area contributed by atoms with Gasteiger partial charge in [0.05, 0.1) is 6.20 Å². The van der Waals surface area contributed by atoms with E-state index in [1.165, 1.54) is 4.80 Å². The molecule has 0 saturated carbocycles. The lowest BCUT2D eigenvalue weighted by atomic mass is 10.4. The van der Waals surface area contributed by atoms with E-state index in [0.29, 0.717) is 16.7 Å². The highest BCUT2D eigenvalue weighted by Crippen LogP contribution is 2.11. The molecule has 0 amide bonds. The monoisotopic (exact) mass is 195 g/mol. The molecule has 2 aromatic rings. The van der Waals surface area contributed by atoms with Crippen LogP contribution < -0.4 is 0 Å². The van der Waals surface area contributed by atoms with Crippen LogP contribution in [0.4, 0.5) is 0 Å². The van der Waals surface area contributed by atoms with Crippen molar-refractivity contribution in [2.24, 2.45) is 7.05 Å². The number of hydrogen-bond donors (Lipinski definition) is 0. The highest BCUT2D eigenvalue weighted by Gasteiger charge is 2.04. The predicted molar refractivity (Wildman–Crippen MR) is 47.0 cm³/mol. The van der Waals surface area contributed by atoms with Gasteiger partial charge in [0.2, 0.25) is 0 Å². The summed E-state index contributed by atoms with van der Waals surface area (Å²) >= 11 is 5.70. The smallest absolute Gasteiger partial charge is 0.183 e. The average Bonchev–Trinajstić information content (AvgIpc) is 2.52. The molecule has 6 heteroatoms. The molecule has 2 rings (SSSR count). The van der Waals surface area contributed by atoms with Crippen LogP contribution in [0.3, 0.4) is 0 Å². The van der Waals surface area contributed by atoms with Crippen molar-refractivity contribution in [2.45, 2.75) is 0 Å². The second-order valence-electron chi connectivity index (χ2n) is 2.42. The van der Waals surface area contributed by atoms with E-state index < -0.39 is 0 Å². The van der Waals surface area contributed by atoms with Gasteiger partial charge in [-0.05, 0) is 6.07 Å². The molecular weight excluding hydrogens is 190 g/mol. The Kier molecular flexibility index (Phi) is 1.94. The van der Waals surface area contributed by atoms with Crippen LogP contribution in [0.5, 0.6) is 0 Å². The number of nitrogens with zero attached hydrogens (tertiary/aromatic N) is 5. The fraction of sp³-hybridized carbons (Fsp3) is 0.143. The number of aromatic nitrogens is 5. The highest BCUT2D eigenvalue weighted by atomic mass is 35.5. The van der Waals surface area contributed by atoms with Gasteiger partial charge in [0, 0.05) is 13.2 Å². The Balaban J connectivity index is 2.46. The third-order valence-electron chi connectivity index (χ3n) is 1.45. The summed E-state index contributed by atoms with van der Waals surface area (Å²) in [7, 11) is 1.73. The van der Waals surface area contributed by atoms with Crippen molar-refractivity contribution in [1.82, 2.24) is 25.0 Å². The van der Waals surface area contributed by atoms with E-state index in [2.05, 4.69) is 20.2 Å². The maximum absolute atomic E-state index is 5.70. The topological polar surface area (TPSA) is 56.5 Å². The van der Waals surface area contributed by atoms with Crippen LogP contribution in [0.2, 0.25) is 5.15 Å². The van der Waals surface area contributed by atoms with Gasteiger partial charge in [-0.1, -0.05) is 11.6 Å². The quantitative estimate of drug-likeness (QED) is 0.636. The Bertz CT molecular complexity index is 424. The largest absolute Gasteiger partial charge is 0.235 e. The van der Waals surface area contributed by atoms with Crippen molar-refractivity contribution in [2.75, 3.05) is 0 Å². The molecule has 0 aliphatic heterocycles. The third-order valence-corrected chi connectivity index (χ3v) is 1.66. The first kappa shape index (κ1) is 8.12. The molecule has 66 valence electrons. The lowest BCUT2D eigenvalue weighted by Gasteiger charge is -1.93. The van der Waals surface area contributed by atoms with Crippen LogP contribution in [0.25, 0.3) is 11.5 Å². The Morgan fingerprint density at radius 2 is 2.31 bits per heavy atom. The molecular formula is C7H6ClN5. The van der Waals surface area contributed by atoms with Gasteiger partial charge >= 0.3 is 0 Å². The first-order valence-corrected chi connectivity index (χ1v) is 3.99. The molecule has 0 saturated heterocycles. The van der Waals surface area contributed by atoms with Crippen molar-refractivity contribution < 1.29 is 0 Å². The summed E-state index contributed by atoms with van der Waals surface area (Å²) in [6, 6.07) is 1.61. The van der Waals surface area contributed by atoms with Gasteiger partial charge in [-0.3, -0.25) is 0 Å². The molecule has 0 unspecified atom stereocenters. The molecule has 5 nitrogen and oxygen atoms in total. The molecule has 0 bridgehead atoms. The number of rotatable bonds is 1. The van der Waals surface area contributed by atoms with Crippen molar-refractivity contribution in [3.05, 3.63) is 23.6 Å². The molecule has 0 aromatic carbocycles. The first-order valence-electron chi connectivity index (χ1n) is 3.61. The Labute approximate surface area is 79.4 Å². The minimum Gasteiger partial charge on any atom is -0.235 e. The van der Waals surface area contributed by atoms with Gasteiger partial charge in [0.1, 0.15) is 10.8 Å². The van der Waals surface area contributed by atoms with Crippen LogP contribution in [0.15, 0.2) is 18.5 Å². The number of hydrogen-bond acceptors (Lipinski definition) is 4. The van der Waals surface area contributed by atoms with E-state index in [1.54, 1.807) is 25.5 Å². The molecule has 2 heterocycles. The van der Waals surface area contributed by atoms with Crippen molar-refractivity contribution in [3.63, 3.8) is 0 Å². The minimum absolute atomic E-state index is 0.399. The van der Waals surface area contributed by atoms with Crippen molar-refractivity contribution in [3.8, 4) is 11.5 Å². The SMILES string of the molecule is Cn1ncc(-c2nccc(Cl)n2)n1. The second-order valence-corrected chi connectivity index (χ2v) is 2.81. The molecule has 13 heavy (non-hydrogen) atoms. The van der Waals surface area contributed by atoms with Crippen LogP contribution >= 0.6 is 11.6 Å². The summed E-state index contributed by atoms with van der Waals surface area (Å²) in [5.74, 6) is 0.487. The molecule has 0 aliphatic rings. The summed E-state index contributed by atoms with van der Waals surface area (Å²) in [5.41, 5.74) is 0.616. The Morgan fingerprint density at radius 3 is 2.92 bits per heavy atom. The molecule has 0 radical (unpaired) electrons. The lowest BCUT2D eigenvalue weighted by Crippen LogP contribution is -1.93. The van der Waals surface area contributed by atoms with E-state index in [0.717, 1.165) is 0 Å². The van der Waals surface area contributed by atoms with Crippen LogP contribution in [-0.2, 0) is 7.05 Å². The van der Waals surface area contributed by atoms with Gasteiger partial charge in [-0.25, -0.2) is 9.97 Å². The molecule has 0 spiro atoms. The molecule has 0 aliphatic carbocycles. The number of aryl methyl sites for hydroxylation is 1. The summed E-state index contributed by atoms with van der Waals surface area (Å²) < 4.78 is 0. The zero-order valence-corrected chi connectivity index (χ0v) is 7.60. The van der Waals surface area contributed by atoms with Crippen LogP contribution in [0.1, 0.15) is 0 Å². The Hall–Kier alpha value is -1.49. The molecule has 0 atom stereocenters. The zero-order chi connectivity index (χ0) is 9.26. The third kappa shape index (κ3) is 1.65. The van der Waals surface area contributed by atoms with Crippen molar-refractivity contribution >= 4 is 11.6 Å². The predicted octanol–water partition coefficient (Wildman–Crippen LogP) is 0.925. The van der Waals surface area contributed by atoms with Gasteiger partial charge in [-0.2, -0.15) is 15.0 Å². The van der Waals surface area contributed by atoms with Crippen molar-refractivity contribution in [1.29, 1.82) is 0 Å². The maximum atomic E-state index is 5.70. The molecule has 0 fully saturated rings. The van der Waals surface area contributed by atoms with Crippen LogP contribution in [0, 0.1) is 0 Å². The Morgan fingerprint density at radius 1 is 1.46 bits per heavy atom. The zero-order valence-electron chi connectivity index (χ0n) is 6.85. The molecule has 2 aromatic heterocycles. The number of halogens is 1. The molecule has 0 N–H and O–H groups in total. The summed E-state index contributed by atoms with van der Waals surface area (Å²) in [5, 5.41) is 8.35. The lowest BCUT2D eigenvalue weighted by molar-refractivity contribution is 0.655. The standard InChI is InChI=1S/C7H6ClN5/c1-13-10-4-5(12-13)7-9-3-2-6(8)11-7/h2-4H,1H3. The average molecular weight is 196 g/mol. The van der Waals surface area contributed by atoms with Crippen LogP contribution in [-0.4, -0.2) is 25.0 Å². The van der Waals surface area contributed by atoms with Gasteiger partial charge in [0.15, 0.2) is 5.82 Å². The van der Waals surface area contributed by atoms with Gasteiger partial charge < -0.3 is 0 Å². The highest BCUT2D eigenvalue weighted by molar-refractivity contribution is 6.29. The van der Waals surface area contributed by atoms with E-state index in [-0.39, 0.29) is 0 Å². The second kappa shape index (κ2) is 3.10. The van der Waals surface area contributed by atoms with E-state index in [1.807, 2.05) is 0 Å². The first-order chi connectivity index (χ1) is 6.25. The fourth-order valence-electron chi connectivity index (χ4n) is 0.908. The summed E-state index contributed by atoms with van der Waals surface area (Å²) in [6.07, 6.45) is 3.17. The minimum atomic E-state index is 0.399. The van der Waals surface area contributed by atoms with E-state index in [9.17, 15) is 0 Å². The van der Waals surface area contributed by atoms with Gasteiger partial charge in [0.25, 0.3) is 0 Å². The fourth-order valence-corrected chi connectivity index (χ4v) is 1.04. The maximum Gasteiger partial charge on any atom is 0.183 e. The van der Waals surface area contributed by atoms with E-state index in [4.69, 9.17) is 11.6 Å².